The predicted octanol–water partition coefficient (Wildman–Crippen LogP) is 0.141. The van der Waals surface area contributed by atoms with Crippen LogP contribution in [0.15, 0.2) is 6.07 Å². The summed E-state index contributed by atoms with van der Waals surface area (Å²) in [5.74, 6) is -3.02. The van der Waals surface area contributed by atoms with Crippen molar-refractivity contribution in [2.75, 3.05) is 0 Å². The lowest BCUT2D eigenvalue weighted by molar-refractivity contribution is -0.140. The normalized spacial score (nSPS) is 11.7. The molecular formula is C12H15N3O5. The van der Waals surface area contributed by atoms with E-state index in [1.807, 2.05) is 0 Å². The molecule has 108 valence electrons. The van der Waals surface area contributed by atoms with E-state index in [-0.39, 0.29) is 18.4 Å². The third kappa shape index (κ3) is 4.30. The van der Waals surface area contributed by atoms with Crippen LogP contribution in [-0.2, 0) is 9.59 Å². The number of hydrogen-bond donors (Lipinski definition) is 3. The van der Waals surface area contributed by atoms with Gasteiger partial charge in [0.2, 0.25) is 0 Å². The van der Waals surface area contributed by atoms with Gasteiger partial charge in [0.1, 0.15) is 6.04 Å². The van der Waals surface area contributed by atoms with Crippen LogP contribution in [0.3, 0.4) is 0 Å². The first-order chi connectivity index (χ1) is 9.31. The van der Waals surface area contributed by atoms with Crippen LogP contribution < -0.4 is 5.32 Å². The number of rotatable bonds is 6. The lowest BCUT2D eigenvalue weighted by atomic mass is 10.1. The Balaban J connectivity index is 2.82. The zero-order chi connectivity index (χ0) is 15.3. The molecule has 1 amide bonds. The van der Waals surface area contributed by atoms with E-state index in [1.165, 1.54) is 6.07 Å². The lowest BCUT2D eigenvalue weighted by Crippen LogP contribution is -2.41. The fourth-order valence-corrected chi connectivity index (χ4v) is 1.54. The molecule has 1 atom stereocenters. The summed E-state index contributed by atoms with van der Waals surface area (Å²) in [6.07, 6.45) is -0.531. The van der Waals surface area contributed by atoms with E-state index in [1.54, 1.807) is 13.8 Å². The summed E-state index contributed by atoms with van der Waals surface area (Å²) >= 11 is 0. The molecule has 3 N–H and O–H groups in total. The Labute approximate surface area is 114 Å². The monoisotopic (exact) mass is 281 g/mol. The Morgan fingerprint density at radius 3 is 2.45 bits per heavy atom. The van der Waals surface area contributed by atoms with Gasteiger partial charge in [-0.1, -0.05) is 0 Å². The number of carboxylic acids is 2. The van der Waals surface area contributed by atoms with Gasteiger partial charge in [0, 0.05) is 6.42 Å². The van der Waals surface area contributed by atoms with Crippen molar-refractivity contribution in [3.63, 3.8) is 0 Å². The maximum Gasteiger partial charge on any atom is 0.326 e. The standard InChI is InChI=1S/C12H15N3O5/c1-6-5-8(7(2)15-14-6)11(18)13-9(12(19)20)3-4-10(16)17/h5,9H,3-4H2,1-2H3,(H,13,18)(H,16,17)(H,19,20)/t9-/m0/s1. The molecule has 0 aliphatic carbocycles. The molecule has 0 fully saturated rings. The van der Waals surface area contributed by atoms with Crippen molar-refractivity contribution in [2.45, 2.75) is 32.7 Å². The molecule has 0 radical (unpaired) electrons. The average Bonchev–Trinajstić information content (AvgIpc) is 2.36. The summed E-state index contributed by atoms with van der Waals surface area (Å²) in [6.45, 7) is 3.23. The Morgan fingerprint density at radius 1 is 1.25 bits per heavy atom. The second-order valence-corrected chi connectivity index (χ2v) is 4.28. The summed E-state index contributed by atoms with van der Waals surface area (Å²) in [7, 11) is 0. The molecule has 0 saturated carbocycles. The smallest absolute Gasteiger partial charge is 0.326 e. The van der Waals surface area contributed by atoms with Crippen LogP contribution >= 0.6 is 0 Å². The number of amides is 1. The molecule has 0 unspecified atom stereocenters. The highest BCUT2D eigenvalue weighted by Crippen LogP contribution is 2.07. The van der Waals surface area contributed by atoms with Gasteiger partial charge in [0.15, 0.2) is 0 Å². The highest BCUT2D eigenvalue weighted by Gasteiger charge is 2.22. The third-order valence-electron chi connectivity index (χ3n) is 2.60. The Morgan fingerprint density at radius 2 is 1.90 bits per heavy atom. The maximum absolute atomic E-state index is 12.0. The number of carbonyl (C=O) groups excluding carboxylic acids is 1. The van der Waals surface area contributed by atoms with Gasteiger partial charge in [-0.2, -0.15) is 10.2 Å². The second-order valence-electron chi connectivity index (χ2n) is 4.28. The molecule has 8 heteroatoms. The Bertz CT molecular complexity index is 544. The lowest BCUT2D eigenvalue weighted by Gasteiger charge is -2.14. The molecule has 0 aliphatic heterocycles. The number of aliphatic carboxylic acids is 2. The second kappa shape index (κ2) is 6.60. The van der Waals surface area contributed by atoms with Gasteiger partial charge in [-0.05, 0) is 26.3 Å². The highest BCUT2D eigenvalue weighted by molar-refractivity contribution is 5.97. The van der Waals surface area contributed by atoms with Crippen LogP contribution in [0.4, 0.5) is 0 Å². The largest absolute Gasteiger partial charge is 0.481 e. The van der Waals surface area contributed by atoms with Crippen molar-refractivity contribution < 1.29 is 24.6 Å². The molecular weight excluding hydrogens is 266 g/mol. The Kier molecular flexibility index (Phi) is 5.13. The van der Waals surface area contributed by atoms with E-state index in [0.717, 1.165) is 0 Å². The molecule has 8 nitrogen and oxygen atoms in total. The van der Waals surface area contributed by atoms with Crippen LogP contribution in [0.2, 0.25) is 0 Å². The van der Waals surface area contributed by atoms with E-state index < -0.39 is 23.9 Å². The fourth-order valence-electron chi connectivity index (χ4n) is 1.54. The number of hydrogen-bond acceptors (Lipinski definition) is 5. The first-order valence-electron chi connectivity index (χ1n) is 5.87. The van der Waals surface area contributed by atoms with Crippen LogP contribution in [0.1, 0.15) is 34.6 Å². The van der Waals surface area contributed by atoms with E-state index in [2.05, 4.69) is 15.5 Å². The quantitative estimate of drug-likeness (QED) is 0.676. The first kappa shape index (κ1) is 15.5. The van der Waals surface area contributed by atoms with Crippen molar-refractivity contribution in [1.82, 2.24) is 15.5 Å². The summed E-state index contributed by atoms with van der Waals surface area (Å²) in [5, 5.41) is 27.4. The van der Waals surface area contributed by atoms with Gasteiger partial charge in [0.25, 0.3) is 5.91 Å². The number of carboxylic acid groups (broad SMARTS) is 2. The van der Waals surface area contributed by atoms with Crippen molar-refractivity contribution in [2.24, 2.45) is 0 Å². The molecule has 0 spiro atoms. The molecule has 20 heavy (non-hydrogen) atoms. The van der Waals surface area contributed by atoms with E-state index in [4.69, 9.17) is 10.2 Å². The third-order valence-corrected chi connectivity index (χ3v) is 2.60. The fraction of sp³-hybridized carbons (Fsp3) is 0.417. The molecule has 1 rings (SSSR count). The molecule has 0 aliphatic rings. The van der Waals surface area contributed by atoms with E-state index >= 15 is 0 Å². The Hall–Kier alpha value is -2.51. The molecule has 1 heterocycles. The van der Waals surface area contributed by atoms with Crippen LogP contribution in [-0.4, -0.2) is 44.3 Å². The SMILES string of the molecule is Cc1cc(C(=O)N[C@@H](CCC(=O)O)C(=O)O)c(C)nn1. The minimum Gasteiger partial charge on any atom is -0.481 e. The van der Waals surface area contributed by atoms with Gasteiger partial charge in [-0.3, -0.25) is 9.59 Å². The summed E-state index contributed by atoms with van der Waals surface area (Å²) in [6, 6.07) is 0.236. The molecule has 0 saturated heterocycles. The van der Waals surface area contributed by atoms with Crippen molar-refractivity contribution in [3.05, 3.63) is 23.0 Å². The topological polar surface area (TPSA) is 129 Å². The number of nitrogens with zero attached hydrogens (tertiary/aromatic N) is 2. The molecule has 1 aromatic rings. The number of aromatic nitrogens is 2. The van der Waals surface area contributed by atoms with Gasteiger partial charge < -0.3 is 15.5 Å². The number of carbonyl (C=O) groups is 3. The van der Waals surface area contributed by atoms with Crippen LogP contribution in [0, 0.1) is 13.8 Å². The van der Waals surface area contributed by atoms with E-state index in [0.29, 0.717) is 11.4 Å². The van der Waals surface area contributed by atoms with Gasteiger partial charge in [0.05, 0.1) is 17.0 Å². The minimum atomic E-state index is -1.28. The summed E-state index contributed by atoms with van der Waals surface area (Å²) < 4.78 is 0. The van der Waals surface area contributed by atoms with Gasteiger partial charge in [-0.25, -0.2) is 4.79 Å². The average molecular weight is 281 g/mol. The van der Waals surface area contributed by atoms with Gasteiger partial charge in [-0.15, -0.1) is 0 Å². The molecule has 0 bridgehead atoms. The van der Waals surface area contributed by atoms with Gasteiger partial charge >= 0.3 is 11.9 Å². The maximum atomic E-state index is 12.0. The molecule has 1 aromatic heterocycles. The highest BCUT2D eigenvalue weighted by atomic mass is 16.4. The zero-order valence-corrected chi connectivity index (χ0v) is 11.1. The molecule has 0 aromatic carbocycles. The zero-order valence-electron chi connectivity index (χ0n) is 11.1. The predicted molar refractivity (Wildman–Crippen MR) is 67.3 cm³/mol. The summed E-state index contributed by atoms with van der Waals surface area (Å²) in [5.41, 5.74) is 1.12. The number of nitrogens with one attached hydrogen (secondary N) is 1. The van der Waals surface area contributed by atoms with Crippen molar-refractivity contribution in [3.8, 4) is 0 Å². The van der Waals surface area contributed by atoms with Crippen LogP contribution in [0.5, 0.6) is 0 Å². The van der Waals surface area contributed by atoms with Crippen LogP contribution in [0.25, 0.3) is 0 Å². The van der Waals surface area contributed by atoms with Crippen molar-refractivity contribution >= 4 is 17.8 Å². The number of aryl methyl sites for hydroxylation is 2. The van der Waals surface area contributed by atoms with Crippen molar-refractivity contribution in [1.29, 1.82) is 0 Å². The van der Waals surface area contributed by atoms with E-state index in [9.17, 15) is 14.4 Å². The minimum absolute atomic E-state index is 0.188. The summed E-state index contributed by atoms with van der Waals surface area (Å²) in [4.78, 5) is 33.4. The first-order valence-corrected chi connectivity index (χ1v) is 5.87.